The molecule has 0 N–H and O–H groups in total. The predicted octanol–water partition coefficient (Wildman–Crippen LogP) is 2.89. The first-order chi connectivity index (χ1) is 8.83. The molecule has 1 saturated heterocycles. The van der Waals surface area contributed by atoms with E-state index < -0.39 is 0 Å². The van der Waals surface area contributed by atoms with Crippen LogP contribution in [0.5, 0.6) is 5.88 Å². The molecule has 0 spiro atoms. The van der Waals surface area contributed by atoms with E-state index in [1.54, 1.807) is 6.20 Å². The van der Waals surface area contributed by atoms with Crippen LogP contribution in [0.15, 0.2) is 12.4 Å². The molecule has 100 valence electrons. The highest BCUT2D eigenvalue weighted by Crippen LogP contribution is 2.25. The standard InChI is InChI=1S/C14H23N3O/c1-3-6-12-7-5-8-17(11-12)13-9-15-10-14(16-13)18-4-2/h9-10,12H,3-8,11H2,1-2H3. The summed E-state index contributed by atoms with van der Waals surface area (Å²) in [5, 5.41) is 0. The summed E-state index contributed by atoms with van der Waals surface area (Å²) in [5.41, 5.74) is 0. The minimum atomic E-state index is 0.632. The van der Waals surface area contributed by atoms with Gasteiger partial charge >= 0.3 is 0 Å². The molecule has 4 nitrogen and oxygen atoms in total. The molecular weight excluding hydrogens is 226 g/mol. The first-order valence-corrected chi connectivity index (χ1v) is 7.03. The van der Waals surface area contributed by atoms with Crippen molar-refractivity contribution in [2.75, 3.05) is 24.6 Å². The second kappa shape index (κ2) is 6.57. The molecule has 2 rings (SSSR count). The van der Waals surface area contributed by atoms with Crippen LogP contribution in [0, 0.1) is 5.92 Å². The van der Waals surface area contributed by atoms with Crippen LogP contribution in [0.3, 0.4) is 0 Å². The van der Waals surface area contributed by atoms with Crippen molar-refractivity contribution in [3.8, 4) is 5.88 Å². The maximum absolute atomic E-state index is 5.41. The topological polar surface area (TPSA) is 38.2 Å². The summed E-state index contributed by atoms with van der Waals surface area (Å²) in [6.45, 7) is 7.06. The van der Waals surface area contributed by atoms with Crippen molar-refractivity contribution >= 4 is 5.82 Å². The number of piperidine rings is 1. The Hall–Kier alpha value is -1.32. The zero-order valence-electron chi connectivity index (χ0n) is 11.4. The highest BCUT2D eigenvalue weighted by atomic mass is 16.5. The summed E-state index contributed by atoms with van der Waals surface area (Å²) >= 11 is 0. The van der Waals surface area contributed by atoms with Crippen LogP contribution < -0.4 is 9.64 Å². The minimum Gasteiger partial charge on any atom is -0.477 e. The molecular formula is C14H23N3O. The Labute approximate surface area is 109 Å². The van der Waals surface area contributed by atoms with Crippen LogP contribution >= 0.6 is 0 Å². The van der Waals surface area contributed by atoms with Crippen molar-refractivity contribution in [3.05, 3.63) is 12.4 Å². The molecule has 1 aromatic rings. The van der Waals surface area contributed by atoms with Gasteiger partial charge in [-0.15, -0.1) is 0 Å². The lowest BCUT2D eigenvalue weighted by Crippen LogP contribution is -2.36. The van der Waals surface area contributed by atoms with Crippen LogP contribution in [-0.2, 0) is 0 Å². The van der Waals surface area contributed by atoms with E-state index >= 15 is 0 Å². The van der Waals surface area contributed by atoms with Gasteiger partial charge in [0.1, 0.15) is 0 Å². The second-order valence-corrected chi connectivity index (χ2v) is 4.89. The van der Waals surface area contributed by atoms with Gasteiger partial charge in [0.2, 0.25) is 5.88 Å². The fraction of sp³-hybridized carbons (Fsp3) is 0.714. The van der Waals surface area contributed by atoms with E-state index in [1.807, 2.05) is 13.1 Å². The van der Waals surface area contributed by atoms with E-state index in [0.29, 0.717) is 12.5 Å². The third-order valence-corrected chi connectivity index (χ3v) is 3.43. The summed E-state index contributed by atoms with van der Waals surface area (Å²) in [6.07, 6.45) is 8.71. The van der Waals surface area contributed by atoms with E-state index in [9.17, 15) is 0 Å². The lowest BCUT2D eigenvalue weighted by molar-refractivity contribution is 0.324. The molecule has 1 unspecified atom stereocenters. The van der Waals surface area contributed by atoms with E-state index in [1.165, 1.54) is 25.7 Å². The van der Waals surface area contributed by atoms with Gasteiger partial charge in [0.05, 0.1) is 19.0 Å². The predicted molar refractivity (Wildman–Crippen MR) is 73.0 cm³/mol. The molecule has 0 saturated carbocycles. The molecule has 2 heterocycles. The number of hydrogen-bond acceptors (Lipinski definition) is 4. The van der Waals surface area contributed by atoms with Crippen LogP contribution in [0.25, 0.3) is 0 Å². The lowest BCUT2D eigenvalue weighted by atomic mass is 9.94. The number of hydrogen-bond donors (Lipinski definition) is 0. The van der Waals surface area contributed by atoms with Crippen molar-refractivity contribution < 1.29 is 4.74 Å². The van der Waals surface area contributed by atoms with E-state index in [-0.39, 0.29) is 0 Å². The fourth-order valence-electron chi connectivity index (χ4n) is 2.63. The van der Waals surface area contributed by atoms with Crippen LogP contribution in [0.2, 0.25) is 0 Å². The zero-order valence-corrected chi connectivity index (χ0v) is 11.4. The zero-order chi connectivity index (χ0) is 12.8. The molecule has 0 bridgehead atoms. The highest BCUT2D eigenvalue weighted by molar-refractivity contribution is 5.38. The van der Waals surface area contributed by atoms with Crippen molar-refractivity contribution in [3.63, 3.8) is 0 Å². The molecule has 1 aliphatic rings. The number of rotatable bonds is 5. The fourth-order valence-corrected chi connectivity index (χ4v) is 2.63. The molecule has 0 aromatic carbocycles. The number of anilines is 1. The number of aromatic nitrogens is 2. The van der Waals surface area contributed by atoms with Gasteiger partial charge in [-0.1, -0.05) is 13.3 Å². The summed E-state index contributed by atoms with van der Waals surface area (Å²) in [4.78, 5) is 11.1. The Balaban J connectivity index is 2.03. The first kappa shape index (κ1) is 13.1. The number of nitrogens with zero attached hydrogens (tertiary/aromatic N) is 3. The Morgan fingerprint density at radius 3 is 3.06 bits per heavy atom. The first-order valence-electron chi connectivity index (χ1n) is 7.03. The molecule has 1 aliphatic heterocycles. The van der Waals surface area contributed by atoms with Gasteiger partial charge in [-0.2, -0.15) is 4.98 Å². The Morgan fingerprint density at radius 1 is 1.39 bits per heavy atom. The molecule has 0 radical (unpaired) electrons. The summed E-state index contributed by atoms with van der Waals surface area (Å²) < 4.78 is 5.41. The molecule has 0 aliphatic carbocycles. The summed E-state index contributed by atoms with van der Waals surface area (Å²) in [6, 6.07) is 0. The molecule has 0 amide bonds. The van der Waals surface area contributed by atoms with E-state index in [4.69, 9.17) is 4.74 Å². The van der Waals surface area contributed by atoms with Crippen molar-refractivity contribution in [1.82, 2.24) is 9.97 Å². The Kier molecular flexibility index (Phi) is 4.79. The lowest BCUT2D eigenvalue weighted by Gasteiger charge is -2.33. The average molecular weight is 249 g/mol. The van der Waals surface area contributed by atoms with Crippen molar-refractivity contribution in [1.29, 1.82) is 0 Å². The maximum atomic E-state index is 5.41. The van der Waals surface area contributed by atoms with Gasteiger partial charge in [0, 0.05) is 13.1 Å². The van der Waals surface area contributed by atoms with Gasteiger partial charge in [-0.05, 0) is 32.1 Å². The smallest absolute Gasteiger partial charge is 0.234 e. The van der Waals surface area contributed by atoms with Crippen molar-refractivity contribution in [2.45, 2.75) is 39.5 Å². The molecule has 1 fully saturated rings. The minimum absolute atomic E-state index is 0.632. The third-order valence-electron chi connectivity index (χ3n) is 3.43. The summed E-state index contributed by atoms with van der Waals surface area (Å²) in [5.74, 6) is 2.40. The Bertz CT molecular complexity index is 368. The van der Waals surface area contributed by atoms with E-state index in [0.717, 1.165) is 24.8 Å². The van der Waals surface area contributed by atoms with Gasteiger partial charge in [-0.25, -0.2) is 0 Å². The van der Waals surface area contributed by atoms with Gasteiger partial charge in [0.15, 0.2) is 5.82 Å². The number of ether oxygens (including phenoxy) is 1. The van der Waals surface area contributed by atoms with E-state index in [2.05, 4.69) is 21.8 Å². The highest BCUT2D eigenvalue weighted by Gasteiger charge is 2.20. The second-order valence-electron chi connectivity index (χ2n) is 4.89. The molecule has 1 aromatic heterocycles. The van der Waals surface area contributed by atoms with Crippen molar-refractivity contribution in [2.24, 2.45) is 5.92 Å². The summed E-state index contributed by atoms with van der Waals surface area (Å²) in [7, 11) is 0. The maximum Gasteiger partial charge on any atom is 0.234 e. The third kappa shape index (κ3) is 3.34. The quantitative estimate of drug-likeness (QED) is 0.804. The van der Waals surface area contributed by atoms with Gasteiger partial charge < -0.3 is 9.64 Å². The largest absolute Gasteiger partial charge is 0.477 e. The SMILES string of the molecule is CCCC1CCCN(c2cncc(OCC)n2)C1. The normalized spacial score (nSPS) is 19.9. The van der Waals surface area contributed by atoms with Crippen LogP contribution in [0.4, 0.5) is 5.82 Å². The van der Waals surface area contributed by atoms with Crippen LogP contribution in [-0.4, -0.2) is 29.7 Å². The van der Waals surface area contributed by atoms with Crippen LogP contribution in [0.1, 0.15) is 39.5 Å². The van der Waals surface area contributed by atoms with Gasteiger partial charge in [-0.3, -0.25) is 4.98 Å². The molecule has 1 atom stereocenters. The molecule has 4 heteroatoms. The Morgan fingerprint density at radius 2 is 2.28 bits per heavy atom. The van der Waals surface area contributed by atoms with Gasteiger partial charge in [0.25, 0.3) is 0 Å². The molecule has 18 heavy (non-hydrogen) atoms. The average Bonchev–Trinajstić information content (AvgIpc) is 2.40. The monoisotopic (exact) mass is 249 g/mol.